The van der Waals surface area contributed by atoms with E-state index in [0.29, 0.717) is 23.0 Å². The smallest absolute Gasteiger partial charge is 0.394 e. The zero-order valence-electron chi connectivity index (χ0n) is 19.4. The van der Waals surface area contributed by atoms with Gasteiger partial charge in [-0.1, -0.05) is 11.3 Å². The van der Waals surface area contributed by atoms with E-state index in [1.165, 1.54) is 14.5 Å². The SMILES string of the molecule is Cc1nc(C)n(CC(=O)N2CCN(c3sc(C(F)(F)F)nc3-c3cnc(C(F)(F)F)nc3)CC2CO)n1. The molecule has 4 rings (SSSR count). The Hall–Kier alpha value is -3.34. The Labute approximate surface area is 209 Å². The van der Waals surface area contributed by atoms with Crippen LogP contribution in [0, 0.1) is 13.8 Å². The van der Waals surface area contributed by atoms with Crippen LogP contribution in [0.1, 0.15) is 22.5 Å². The molecule has 4 heterocycles. The van der Waals surface area contributed by atoms with Crippen LogP contribution in [0.25, 0.3) is 11.3 Å². The highest BCUT2D eigenvalue weighted by molar-refractivity contribution is 7.16. The van der Waals surface area contributed by atoms with E-state index in [-0.39, 0.29) is 48.3 Å². The highest BCUT2D eigenvalue weighted by Crippen LogP contribution is 2.43. The number of carbonyl (C=O) groups excluding carboxylic acids is 1. The number of hydrogen-bond donors (Lipinski definition) is 1. The molecule has 10 nitrogen and oxygen atoms in total. The first-order valence-electron chi connectivity index (χ1n) is 10.8. The van der Waals surface area contributed by atoms with Crippen molar-refractivity contribution >= 4 is 22.2 Å². The molecular weight excluding hydrogens is 530 g/mol. The molecule has 1 aliphatic rings. The maximum atomic E-state index is 13.5. The molecule has 1 N–H and O–H groups in total. The highest BCUT2D eigenvalue weighted by atomic mass is 32.1. The molecule has 17 heteroatoms. The number of amides is 1. The van der Waals surface area contributed by atoms with Crippen LogP contribution in [0.2, 0.25) is 0 Å². The van der Waals surface area contributed by atoms with Gasteiger partial charge in [0.15, 0.2) is 0 Å². The molecule has 0 aliphatic carbocycles. The summed E-state index contributed by atoms with van der Waals surface area (Å²) in [6.07, 6.45) is -8.09. The molecule has 0 spiro atoms. The van der Waals surface area contributed by atoms with Gasteiger partial charge < -0.3 is 14.9 Å². The van der Waals surface area contributed by atoms with Gasteiger partial charge in [0, 0.05) is 37.6 Å². The Kier molecular flexibility index (Phi) is 7.11. The predicted molar refractivity (Wildman–Crippen MR) is 117 cm³/mol. The number of aryl methyl sites for hydroxylation is 2. The lowest BCUT2D eigenvalue weighted by atomic mass is 10.1. The number of anilines is 1. The standard InChI is InChI=1S/C20H20F6N8O2S/c1-10-29-11(2)34(31-10)8-14(36)33-4-3-32(7-13(33)9-35)16-15(30-18(37-16)20(24,25)26)12-5-27-17(28-6-12)19(21,22)23/h5-6,13,35H,3-4,7-9H2,1-2H3. The number of halogens is 6. The molecule has 1 atom stereocenters. The van der Waals surface area contributed by atoms with Crippen LogP contribution in [-0.2, 0) is 23.7 Å². The Bertz CT molecular complexity index is 1270. The van der Waals surface area contributed by atoms with Crippen LogP contribution in [-0.4, -0.2) is 77.9 Å². The molecule has 0 saturated carbocycles. The Morgan fingerprint density at radius 3 is 2.30 bits per heavy atom. The monoisotopic (exact) mass is 550 g/mol. The van der Waals surface area contributed by atoms with Gasteiger partial charge in [0.25, 0.3) is 0 Å². The highest BCUT2D eigenvalue weighted by Gasteiger charge is 2.39. The first-order chi connectivity index (χ1) is 17.3. The van der Waals surface area contributed by atoms with Crippen molar-refractivity contribution in [3.8, 4) is 11.3 Å². The van der Waals surface area contributed by atoms with E-state index in [2.05, 4.69) is 25.0 Å². The van der Waals surface area contributed by atoms with E-state index in [1.807, 2.05) is 0 Å². The average molecular weight is 550 g/mol. The van der Waals surface area contributed by atoms with E-state index < -0.39 is 35.8 Å². The van der Waals surface area contributed by atoms with Crippen LogP contribution in [0.4, 0.5) is 31.3 Å². The first-order valence-corrected chi connectivity index (χ1v) is 11.6. The number of aliphatic hydroxyl groups excluding tert-OH is 1. The predicted octanol–water partition coefficient (Wildman–Crippen LogP) is 2.56. The summed E-state index contributed by atoms with van der Waals surface area (Å²) in [4.78, 5) is 30.0. The number of aliphatic hydroxyl groups is 1. The van der Waals surface area contributed by atoms with Crippen molar-refractivity contribution < 1.29 is 36.2 Å². The van der Waals surface area contributed by atoms with Gasteiger partial charge in [-0.05, 0) is 13.8 Å². The summed E-state index contributed by atoms with van der Waals surface area (Å²) in [7, 11) is 0. The van der Waals surface area contributed by atoms with Crippen molar-refractivity contribution in [2.45, 2.75) is 38.8 Å². The number of thiazole rings is 1. The van der Waals surface area contributed by atoms with Crippen molar-refractivity contribution in [1.82, 2.24) is 34.6 Å². The molecule has 1 amide bonds. The molecule has 37 heavy (non-hydrogen) atoms. The van der Waals surface area contributed by atoms with Crippen molar-refractivity contribution in [3.63, 3.8) is 0 Å². The van der Waals surface area contributed by atoms with Gasteiger partial charge in [0.1, 0.15) is 28.9 Å². The summed E-state index contributed by atoms with van der Waals surface area (Å²) in [6.45, 7) is 2.88. The van der Waals surface area contributed by atoms with Crippen LogP contribution in [0.15, 0.2) is 12.4 Å². The van der Waals surface area contributed by atoms with Gasteiger partial charge in [0.2, 0.25) is 16.7 Å². The third-order valence-electron chi connectivity index (χ3n) is 5.58. The number of hydrogen-bond acceptors (Lipinski definition) is 9. The van der Waals surface area contributed by atoms with E-state index in [1.54, 1.807) is 13.8 Å². The minimum absolute atomic E-state index is 0.0176. The molecule has 1 fully saturated rings. The van der Waals surface area contributed by atoms with Gasteiger partial charge >= 0.3 is 12.4 Å². The molecule has 3 aromatic rings. The van der Waals surface area contributed by atoms with Crippen molar-refractivity contribution in [2.75, 3.05) is 31.1 Å². The van der Waals surface area contributed by atoms with Crippen LogP contribution in [0.3, 0.4) is 0 Å². The lowest BCUT2D eigenvalue weighted by molar-refractivity contribution is -0.145. The van der Waals surface area contributed by atoms with Gasteiger partial charge in [0.05, 0.1) is 12.6 Å². The summed E-state index contributed by atoms with van der Waals surface area (Å²) in [6, 6.07) is -0.765. The molecule has 0 aromatic carbocycles. The Morgan fingerprint density at radius 2 is 1.76 bits per heavy atom. The maximum Gasteiger partial charge on any atom is 0.451 e. The van der Waals surface area contributed by atoms with E-state index >= 15 is 0 Å². The number of piperazine rings is 1. The largest absolute Gasteiger partial charge is 0.451 e. The lowest BCUT2D eigenvalue weighted by Gasteiger charge is -2.41. The normalized spacial score (nSPS) is 16.9. The molecule has 1 unspecified atom stereocenters. The number of aromatic nitrogens is 6. The second-order valence-electron chi connectivity index (χ2n) is 8.20. The summed E-state index contributed by atoms with van der Waals surface area (Å²) in [5.74, 6) is -0.783. The van der Waals surface area contributed by atoms with Crippen LogP contribution in [0.5, 0.6) is 0 Å². The fourth-order valence-corrected chi connectivity index (χ4v) is 4.88. The van der Waals surface area contributed by atoms with Gasteiger partial charge in [-0.25, -0.2) is 24.6 Å². The second kappa shape index (κ2) is 9.85. The summed E-state index contributed by atoms with van der Waals surface area (Å²) in [5.41, 5.74) is -0.373. The lowest BCUT2D eigenvalue weighted by Crippen LogP contribution is -2.57. The Balaban J connectivity index is 1.60. The quantitative estimate of drug-likeness (QED) is 0.483. The number of alkyl halides is 6. The zero-order valence-corrected chi connectivity index (χ0v) is 20.2. The van der Waals surface area contributed by atoms with Gasteiger partial charge in [-0.15, -0.1) is 0 Å². The molecule has 1 aliphatic heterocycles. The first kappa shape index (κ1) is 26.7. The van der Waals surface area contributed by atoms with E-state index in [4.69, 9.17) is 0 Å². The minimum Gasteiger partial charge on any atom is -0.394 e. The van der Waals surface area contributed by atoms with E-state index in [0.717, 1.165) is 12.4 Å². The molecule has 0 radical (unpaired) electrons. The number of rotatable bonds is 5. The number of carbonyl (C=O) groups is 1. The Morgan fingerprint density at radius 1 is 1.08 bits per heavy atom. The minimum atomic E-state index is -4.82. The summed E-state index contributed by atoms with van der Waals surface area (Å²) < 4.78 is 80.4. The number of nitrogens with zero attached hydrogens (tertiary/aromatic N) is 8. The van der Waals surface area contributed by atoms with E-state index in [9.17, 15) is 36.2 Å². The summed E-state index contributed by atoms with van der Waals surface area (Å²) >= 11 is 0.312. The van der Waals surface area contributed by atoms with Crippen molar-refractivity contribution in [1.29, 1.82) is 0 Å². The van der Waals surface area contributed by atoms with Crippen molar-refractivity contribution in [2.24, 2.45) is 0 Å². The molecule has 3 aromatic heterocycles. The van der Waals surface area contributed by atoms with Crippen molar-refractivity contribution in [3.05, 3.63) is 34.9 Å². The maximum absolute atomic E-state index is 13.5. The fourth-order valence-electron chi connectivity index (χ4n) is 3.89. The summed E-state index contributed by atoms with van der Waals surface area (Å²) in [5, 5.41) is 12.9. The zero-order chi connectivity index (χ0) is 27.1. The average Bonchev–Trinajstić information content (AvgIpc) is 3.41. The topological polar surface area (TPSA) is 113 Å². The van der Waals surface area contributed by atoms with Crippen LogP contribution < -0.4 is 4.90 Å². The third kappa shape index (κ3) is 5.66. The van der Waals surface area contributed by atoms with Crippen LogP contribution >= 0.6 is 11.3 Å². The molecular formula is C20H20F6N8O2S. The fraction of sp³-hybridized carbons (Fsp3) is 0.500. The molecule has 1 saturated heterocycles. The third-order valence-corrected chi connectivity index (χ3v) is 6.74. The van der Waals surface area contributed by atoms with Gasteiger partial charge in [-0.2, -0.15) is 31.4 Å². The van der Waals surface area contributed by atoms with Gasteiger partial charge in [-0.3, -0.25) is 4.79 Å². The second-order valence-corrected chi connectivity index (χ2v) is 9.17. The molecule has 0 bridgehead atoms. The molecule has 200 valence electrons.